The fourth-order valence-electron chi connectivity index (χ4n) is 2.45. The van der Waals surface area contributed by atoms with Crippen LogP contribution < -0.4 is 10.1 Å². The zero-order valence-corrected chi connectivity index (χ0v) is 13.1. The van der Waals surface area contributed by atoms with Gasteiger partial charge in [0.05, 0.1) is 18.8 Å². The molecule has 4 nitrogen and oxygen atoms in total. The molecule has 0 spiro atoms. The van der Waals surface area contributed by atoms with E-state index in [9.17, 15) is 0 Å². The van der Waals surface area contributed by atoms with Crippen LogP contribution in [0.3, 0.4) is 0 Å². The van der Waals surface area contributed by atoms with Gasteiger partial charge in [-0.15, -0.1) is 10.2 Å². The van der Waals surface area contributed by atoms with Gasteiger partial charge < -0.3 is 10.1 Å². The Morgan fingerprint density at radius 3 is 2.52 bits per heavy atom. The van der Waals surface area contributed by atoms with Crippen molar-refractivity contribution >= 4 is 0 Å². The molecule has 2 rings (SSSR count). The summed E-state index contributed by atoms with van der Waals surface area (Å²) in [6, 6.07) is 12.5. The lowest BCUT2D eigenvalue weighted by Gasteiger charge is -2.17. The topological polar surface area (TPSA) is 47.0 Å². The molecule has 1 aromatic heterocycles. The van der Waals surface area contributed by atoms with Crippen LogP contribution in [0, 0.1) is 5.92 Å². The Hall–Kier alpha value is -1.94. The molecule has 0 radical (unpaired) electrons. The lowest BCUT2D eigenvalue weighted by molar-refractivity contribution is 0.390. The highest BCUT2D eigenvalue weighted by atomic mass is 16.5. The van der Waals surface area contributed by atoms with Crippen LogP contribution in [0.4, 0.5) is 0 Å². The molecular formula is C17H23N3O. The maximum absolute atomic E-state index is 5.06. The molecule has 0 saturated heterocycles. The van der Waals surface area contributed by atoms with Gasteiger partial charge in [0.1, 0.15) is 0 Å². The number of methoxy groups -OCH3 is 1. The first kappa shape index (κ1) is 15.4. The van der Waals surface area contributed by atoms with Gasteiger partial charge >= 0.3 is 0 Å². The fraction of sp³-hybridized carbons (Fsp3) is 0.412. The van der Waals surface area contributed by atoms with E-state index in [0.29, 0.717) is 11.8 Å². The molecule has 1 unspecified atom stereocenters. The van der Waals surface area contributed by atoms with E-state index in [4.69, 9.17) is 4.74 Å². The third kappa shape index (κ3) is 4.02. The summed E-state index contributed by atoms with van der Waals surface area (Å²) in [6.45, 7) is 4.47. The van der Waals surface area contributed by atoms with Gasteiger partial charge in [-0.3, -0.25) is 0 Å². The second-order valence-electron chi connectivity index (χ2n) is 5.57. The lowest BCUT2D eigenvalue weighted by Crippen LogP contribution is -2.19. The quantitative estimate of drug-likeness (QED) is 0.886. The molecule has 0 amide bonds. The molecule has 0 aliphatic heterocycles. The largest absolute Gasteiger partial charge is 0.480 e. The monoisotopic (exact) mass is 285 g/mol. The van der Waals surface area contributed by atoms with Crippen LogP contribution in [-0.4, -0.2) is 24.4 Å². The molecule has 0 bridgehead atoms. The Morgan fingerprint density at radius 2 is 1.95 bits per heavy atom. The number of nitrogens with zero attached hydrogens (tertiary/aromatic N) is 2. The molecule has 1 aromatic carbocycles. The SMILES string of the molecule is CNC(c1cccc(CC(C)C)c1)c1ccc(OC)nn1. The molecule has 1 N–H and O–H groups in total. The number of hydrogen-bond acceptors (Lipinski definition) is 4. The van der Waals surface area contributed by atoms with Gasteiger partial charge in [-0.2, -0.15) is 0 Å². The number of hydrogen-bond donors (Lipinski definition) is 1. The maximum Gasteiger partial charge on any atom is 0.233 e. The van der Waals surface area contributed by atoms with Crippen molar-refractivity contribution in [3.8, 4) is 5.88 Å². The highest BCUT2D eigenvalue weighted by Gasteiger charge is 2.14. The minimum atomic E-state index is 0.0375. The van der Waals surface area contributed by atoms with Crippen molar-refractivity contribution < 1.29 is 4.74 Å². The summed E-state index contributed by atoms with van der Waals surface area (Å²) in [5.74, 6) is 1.18. The first-order chi connectivity index (χ1) is 10.1. The van der Waals surface area contributed by atoms with E-state index in [2.05, 4.69) is 53.6 Å². The maximum atomic E-state index is 5.06. The third-order valence-corrected chi connectivity index (χ3v) is 3.38. The van der Waals surface area contributed by atoms with E-state index in [1.54, 1.807) is 7.11 Å². The highest BCUT2D eigenvalue weighted by Crippen LogP contribution is 2.22. The molecule has 4 heteroatoms. The standard InChI is InChI=1S/C17H23N3O/c1-12(2)10-13-6-5-7-14(11-13)17(18-3)15-8-9-16(21-4)20-19-15/h5-9,11-12,17-18H,10H2,1-4H3. The summed E-state index contributed by atoms with van der Waals surface area (Å²) in [4.78, 5) is 0. The fourth-order valence-corrected chi connectivity index (χ4v) is 2.45. The zero-order chi connectivity index (χ0) is 15.2. The molecule has 0 saturated carbocycles. The van der Waals surface area contributed by atoms with Crippen molar-refractivity contribution in [2.24, 2.45) is 5.92 Å². The lowest BCUT2D eigenvalue weighted by atomic mass is 9.97. The van der Waals surface area contributed by atoms with Crippen molar-refractivity contribution in [2.75, 3.05) is 14.2 Å². The van der Waals surface area contributed by atoms with E-state index >= 15 is 0 Å². The number of rotatable bonds is 6. The van der Waals surface area contributed by atoms with Gasteiger partial charge in [0.25, 0.3) is 0 Å². The van der Waals surface area contributed by atoms with Gasteiger partial charge in [-0.05, 0) is 36.6 Å². The van der Waals surface area contributed by atoms with Gasteiger partial charge in [0.15, 0.2) is 0 Å². The van der Waals surface area contributed by atoms with Crippen molar-refractivity contribution in [2.45, 2.75) is 26.3 Å². The minimum absolute atomic E-state index is 0.0375. The molecule has 1 heterocycles. The third-order valence-electron chi connectivity index (χ3n) is 3.38. The second-order valence-corrected chi connectivity index (χ2v) is 5.57. The summed E-state index contributed by atoms with van der Waals surface area (Å²) in [7, 11) is 3.53. The molecule has 112 valence electrons. The number of ether oxygens (including phenoxy) is 1. The Labute approximate surface area is 126 Å². The first-order valence-corrected chi connectivity index (χ1v) is 7.27. The number of aromatic nitrogens is 2. The van der Waals surface area contributed by atoms with E-state index in [1.165, 1.54) is 11.1 Å². The summed E-state index contributed by atoms with van der Waals surface area (Å²) >= 11 is 0. The predicted molar refractivity (Wildman–Crippen MR) is 84.5 cm³/mol. The van der Waals surface area contributed by atoms with Gasteiger partial charge in [0.2, 0.25) is 5.88 Å². The second kappa shape index (κ2) is 7.18. The molecular weight excluding hydrogens is 262 g/mol. The Kier molecular flexibility index (Phi) is 5.28. The first-order valence-electron chi connectivity index (χ1n) is 7.27. The van der Waals surface area contributed by atoms with Crippen LogP contribution >= 0.6 is 0 Å². The Bertz CT molecular complexity index is 567. The van der Waals surface area contributed by atoms with Gasteiger partial charge in [0, 0.05) is 6.07 Å². The predicted octanol–water partition coefficient (Wildman–Crippen LogP) is 2.99. The van der Waals surface area contributed by atoms with Gasteiger partial charge in [-0.25, -0.2) is 0 Å². The molecule has 0 fully saturated rings. The molecule has 21 heavy (non-hydrogen) atoms. The van der Waals surface area contributed by atoms with E-state index in [0.717, 1.165) is 12.1 Å². The van der Waals surface area contributed by atoms with Crippen molar-refractivity contribution in [1.82, 2.24) is 15.5 Å². The Balaban J connectivity index is 2.27. The van der Waals surface area contributed by atoms with E-state index in [-0.39, 0.29) is 6.04 Å². The summed E-state index contributed by atoms with van der Waals surface area (Å²) in [6.07, 6.45) is 1.08. The summed E-state index contributed by atoms with van der Waals surface area (Å²) in [5.41, 5.74) is 3.44. The normalized spacial score (nSPS) is 12.4. The van der Waals surface area contributed by atoms with E-state index in [1.807, 2.05) is 19.2 Å². The van der Waals surface area contributed by atoms with Crippen LogP contribution in [0.2, 0.25) is 0 Å². The number of benzene rings is 1. The highest BCUT2D eigenvalue weighted by molar-refractivity contribution is 5.32. The average molecular weight is 285 g/mol. The van der Waals surface area contributed by atoms with Crippen LogP contribution in [0.15, 0.2) is 36.4 Å². The summed E-state index contributed by atoms with van der Waals surface area (Å²) in [5, 5.41) is 11.6. The zero-order valence-electron chi connectivity index (χ0n) is 13.1. The molecule has 0 aliphatic carbocycles. The molecule has 0 aliphatic rings. The van der Waals surface area contributed by atoms with Crippen molar-refractivity contribution in [3.05, 3.63) is 53.2 Å². The summed E-state index contributed by atoms with van der Waals surface area (Å²) < 4.78 is 5.06. The Morgan fingerprint density at radius 1 is 1.14 bits per heavy atom. The van der Waals surface area contributed by atoms with Crippen LogP contribution in [0.1, 0.15) is 36.7 Å². The van der Waals surface area contributed by atoms with Gasteiger partial charge in [-0.1, -0.05) is 38.1 Å². The molecule has 1 atom stereocenters. The smallest absolute Gasteiger partial charge is 0.233 e. The van der Waals surface area contributed by atoms with Crippen LogP contribution in [0.25, 0.3) is 0 Å². The van der Waals surface area contributed by atoms with E-state index < -0.39 is 0 Å². The van der Waals surface area contributed by atoms with Crippen molar-refractivity contribution in [3.63, 3.8) is 0 Å². The molecule has 2 aromatic rings. The minimum Gasteiger partial charge on any atom is -0.480 e. The van der Waals surface area contributed by atoms with Crippen LogP contribution in [0.5, 0.6) is 5.88 Å². The average Bonchev–Trinajstić information content (AvgIpc) is 2.48. The number of nitrogens with one attached hydrogen (secondary N) is 1. The van der Waals surface area contributed by atoms with Crippen LogP contribution in [-0.2, 0) is 6.42 Å². The van der Waals surface area contributed by atoms with Crippen molar-refractivity contribution in [1.29, 1.82) is 0 Å².